The minimum Gasteiger partial charge on any atom is -0.397 e. The topological polar surface area (TPSA) is 55.1 Å². The zero-order chi connectivity index (χ0) is 14.7. The number of rotatable bonds is 3. The van der Waals surface area contributed by atoms with E-state index in [0.29, 0.717) is 17.2 Å². The molecule has 0 heterocycles. The molecule has 0 saturated carbocycles. The van der Waals surface area contributed by atoms with E-state index >= 15 is 0 Å². The van der Waals surface area contributed by atoms with Crippen LogP contribution in [-0.4, -0.2) is 5.91 Å². The van der Waals surface area contributed by atoms with Crippen LogP contribution in [0.3, 0.4) is 0 Å². The van der Waals surface area contributed by atoms with Crippen LogP contribution in [0.15, 0.2) is 46.9 Å². The van der Waals surface area contributed by atoms with Crippen LogP contribution in [0.2, 0.25) is 0 Å². The lowest BCUT2D eigenvalue weighted by atomic mass is 10.0. The maximum absolute atomic E-state index is 12.2. The molecule has 0 aliphatic rings. The molecule has 2 aromatic carbocycles. The Labute approximate surface area is 127 Å². The second-order valence-corrected chi connectivity index (χ2v) is 5.79. The molecule has 0 radical (unpaired) electrons. The molecule has 0 spiro atoms. The fraction of sp³-hybridized carbons (Fsp3) is 0.188. The first-order valence-electron chi connectivity index (χ1n) is 6.44. The monoisotopic (exact) mass is 332 g/mol. The van der Waals surface area contributed by atoms with Crippen molar-refractivity contribution in [1.82, 2.24) is 0 Å². The number of halogens is 1. The van der Waals surface area contributed by atoms with Gasteiger partial charge in [-0.25, -0.2) is 0 Å². The number of nitrogens with one attached hydrogen (secondary N) is 1. The first-order valence-corrected chi connectivity index (χ1v) is 7.23. The van der Waals surface area contributed by atoms with Gasteiger partial charge in [-0.05, 0) is 51.7 Å². The van der Waals surface area contributed by atoms with Gasteiger partial charge in [0.15, 0.2) is 0 Å². The molecule has 20 heavy (non-hydrogen) atoms. The van der Waals surface area contributed by atoms with Gasteiger partial charge in [0, 0.05) is 10.2 Å². The molecule has 0 unspecified atom stereocenters. The molecule has 104 valence electrons. The maximum atomic E-state index is 12.2. The number of hydrogen-bond acceptors (Lipinski definition) is 2. The number of nitrogen functional groups attached to an aromatic ring is 1. The SMILES string of the molecule is CC(C)c1ccc(NC(=O)c2cccc(Br)c2N)cc1. The van der Waals surface area contributed by atoms with Crippen LogP contribution in [0.5, 0.6) is 0 Å². The van der Waals surface area contributed by atoms with Crippen molar-refractivity contribution in [1.29, 1.82) is 0 Å². The standard InChI is InChI=1S/C16H17BrN2O/c1-10(2)11-6-8-12(9-7-11)19-16(20)13-4-3-5-14(17)15(13)18/h3-10H,18H2,1-2H3,(H,19,20). The molecular weight excluding hydrogens is 316 g/mol. The molecule has 3 nitrogen and oxygen atoms in total. The highest BCUT2D eigenvalue weighted by Gasteiger charge is 2.11. The van der Waals surface area contributed by atoms with E-state index in [-0.39, 0.29) is 5.91 Å². The lowest BCUT2D eigenvalue weighted by Crippen LogP contribution is -2.14. The second kappa shape index (κ2) is 6.09. The normalized spacial score (nSPS) is 10.6. The Morgan fingerprint density at radius 2 is 1.80 bits per heavy atom. The summed E-state index contributed by atoms with van der Waals surface area (Å²) in [5.41, 5.74) is 8.81. The molecule has 0 aromatic heterocycles. The Morgan fingerprint density at radius 1 is 1.15 bits per heavy atom. The van der Waals surface area contributed by atoms with Gasteiger partial charge in [0.25, 0.3) is 5.91 Å². The van der Waals surface area contributed by atoms with Gasteiger partial charge in [0.1, 0.15) is 0 Å². The molecule has 0 atom stereocenters. The molecule has 1 amide bonds. The summed E-state index contributed by atoms with van der Waals surface area (Å²) in [6.45, 7) is 4.27. The largest absolute Gasteiger partial charge is 0.397 e. The van der Waals surface area contributed by atoms with Gasteiger partial charge in [-0.1, -0.05) is 32.0 Å². The van der Waals surface area contributed by atoms with E-state index in [9.17, 15) is 4.79 Å². The van der Waals surface area contributed by atoms with Crippen LogP contribution in [0.4, 0.5) is 11.4 Å². The van der Waals surface area contributed by atoms with E-state index in [1.54, 1.807) is 12.1 Å². The predicted molar refractivity (Wildman–Crippen MR) is 87.0 cm³/mol. The van der Waals surface area contributed by atoms with Gasteiger partial charge in [-0.15, -0.1) is 0 Å². The van der Waals surface area contributed by atoms with E-state index in [4.69, 9.17) is 5.73 Å². The molecule has 0 bridgehead atoms. The van der Waals surface area contributed by atoms with Gasteiger partial charge in [0.2, 0.25) is 0 Å². The summed E-state index contributed by atoms with van der Waals surface area (Å²) in [6.07, 6.45) is 0. The van der Waals surface area contributed by atoms with Crippen molar-refractivity contribution in [2.45, 2.75) is 19.8 Å². The highest BCUT2D eigenvalue weighted by Crippen LogP contribution is 2.24. The molecule has 0 aliphatic heterocycles. The van der Waals surface area contributed by atoms with Crippen molar-refractivity contribution in [3.8, 4) is 0 Å². The Hall–Kier alpha value is -1.81. The first kappa shape index (κ1) is 14.6. The van der Waals surface area contributed by atoms with Crippen molar-refractivity contribution in [3.63, 3.8) is 0 Å². The minimum atomic E-state index is -0.207. The van der Waals surface area contributed by atoms with Crippen LogP contribution in [0.25, 0.3) is 0 Å². The third-order valence-corrected chi connectivity index (χ3v) is 3.82. The zero-order valence-electron chi connectivity index (χ0n) is 11.5. The lowest BCUT2D eigenvalue weighted by Gasteiger charge is -2.10. The quantitative estimate of drug-likeness (QED) is 0.818. The molecule has 3 N–H and O–H groups in total. The van der Waals surface area contributed by atoms with Crippen molar-refractivity contribution in [2.24, 2.45) is 0 Å². The highest BCUT2D eigenvalue weighted by molar-refractivity contribution is 9.10. The van der Waals surface area contributed by atoms with Crippen molar-refractivity contribution < 1.29 is 4.79 Å². The molecular formula is C16H17BrN2O. The van der Waals surface area contributed by atoms with Crippen LogP contribution in [0, 0.1) is 0 Å². The van der Waals surface area contributed by atoms with E-state index in [2.05, 4.69) is 35.1 Å². The molecule has 0 fully saturated rings. The maximum Gasteiger partial charge on any atom is 0.257 e. The van der Waals surface area contributed by atoms with Gasteiger partial charge < -0.3 is 11.1 Å². The van der Waals surface area contributed by atoms with E-state index in [1.165, 1.54) is 5.56 Å². The number of benzene rings is 2. The first-order chi connectivity index (χ1) is 9.49. The summed E-state index contributed by atoms with van der Waals surface area (Å²) >= 11 is 3.32. The van der Waals surface area contributed by atoms with Crippen LogP contribution >= 0.6 is 15.9 Å². The Bertz CT molecular complexity index is 621. The van der Waals surface area contributed by atoms with Gasteiger partial charge in [0.05, 0.1) is 11.3 Å². The minimum absolute atomic E-state index is 0.207. The smallest absolute Gasteiger partial charge is 0.257 e. The Kier molecular flexibility index (Phi) is 4.45. The van der Waals surface area contributed by atoms with Gasteiger partial charge >= 0.3 is 0 Å². The van der Waals surface area contributed by atoms with Gasteiger partial charge in [-0.2, -0.15) is 0 Å². The third kappa shape index (κ3) is 3.20. The van der Waals surface area contributed by atoms with E-state index < -0.39 is 0 Å². The average molecular weight is 333 g/mol. The molecule has 0 saturated heterocycles. The molecule has 2 rings (SSSR count). The number of carbonyl (C=O) groups is 1. The Morgan fingerprint density at radius 3 is 2.40 bits per heavy atom. The summed E-state index contributed by atoms with van der Waals surface area (Å²) < 4.78 is 0.723. The summed E-state index contributed by atoms with van der Waals surface area (Å²) in [5.74, 6) is 0.265. The number of nitrogens with two attached hydrogens (primary N) is 1. The van der Waals surface area contributed by atoms with Crippen LogP contribution in [0.1, 0.15) is 35.7 Å². The fourth-order valence-electron chi connectivity index (χ4n) is 1.88. The van der Waals surface area contributed by atoms with E-state index in [1.807, 2.05) is 30.3 Å². The van der Waals surface area contributed by atoms with Gasteiger partial charge in [-0.3, -0.25) is 4.79 Å². The molecule has 2 aromatic rings. The van der Waals surface area contributed by atoms with Crippen LogP contribution < -0.4 is 11.1 Å². The number of carbonyl (C=O) groups excluding carboxylic acids is 1. The second-order valence-electron chi connectivity index (χ2n) is 4.93. The average Bonchev–Trinajstić information content (AvgIpc) is 2.42. The third-order valence-electron chi connectivity index (χ3n) is 3.13. The lowest BCUT2D eigenvalue weighted by molar-refractivity contribution is 0.102. The van der Waals surface area contributed by atoms with Crippen LogP contribution in [-0.2, 0) is 0 Å². The van der Waals surface area contributed by atoms with Crippen molar-refractivity contribution in [3.05, 3.63) is 58.1 Å². The van der Waals surface area contributed by atoms with Crippen molar-refractivity contribution >= 4 is 33.2 Å². The number of para-hydroxylation sites is 1. The van der Waals surface area contributed by atoms with Crippen molar-refractivity contribution in [2.75, 3.05) is 11.1 Å². The van der Waals surface area contributed by atoms with E-state index in [0.717, 1.165) is 10.2 Å². The fourth-order valence-corrected chi connectivity index (χ4v) is 2.25. The summed E-state index contributed by atoms with van der Waals surface area (Å²) in [7, 11) is 0. The number of hydrogen-bond donors (Lipinski definition) is 2. The predicted octanol–water partition coefficient (Wildman–Crippen LogP) is 4.41. The number of amides is 1. The summed E-state index contributed by atoms with van der Waals surface area (Å²) in [4.78, 5) is 12.2. The molecule has 0 aliphatic carbocycles. The number of anilines is 2. The molecule has 4 heteroatoms. The summed E-state index contributed by atoms with van der Waals surface area (Å²) in [5, 5.41) is 2.85. The summed E-state index contributed by atoms with van der Waals surface area (Å²) in [6, 6.07) is 13.1. The highest BCUT2D eigenvalue weighted by atomic mass is 79.9. The Balaban J connectivity index is 2.17. The zero-order valence-corrected chi connectivity index (χ0v) is 13.1.